The van der Waals surface area contributed by atoms with Gasteiger partial charge in [0.1, 0.15) is 0 Å². The van der Waals surface area contributed by atoms with Crippen LogP contribution in [0.1, 0.15) is 20.8 Å². The zero-order valence-electron chi connectivity index (χ0n) is 6.65. The van der Waals surface area contributed by atoms with Crippen molar-refractivity contribution in [2.45, 2.75) is 26.8 Å². The van der Waals surface area contributed by atoms with Crippen molar-refractivity contribution in [2.75, 3.05) is 19.6 Å². The Balaban J connectivity index is 3.31. The van der Waals surface area contributed by atoms with E-state index >= 15 is 0 Å². The van der Waals surface area contributed by atoms with E-state index in [-0.39, 0.29) is 6.04 Å². The molecule has 0 aromatic heterocycles. The molecule has 0 amide bonds. The van der Waals surface area contributed by atoms with E-state index in [1.165, 1.54) is 0 Å². The van der Waals surface area contributed by atoms with Crippen molar-refractivity contribution >= 4 is 0 Å². The molecule has 9 heavy (non-hydrogen) atoms. The predicted octanol–water partition coefficient (Wildman–Crippen LogP) is 1.000. The molecule has 0 bridgehead atoms. The van der Waals surface area contributed by atoms with E-state index < -0.39 is 0 Å². The third-order valence-electron chi connectivity index (χ3n) is 1.43. The van der Waals surface area contributed by atoms with Crippen molar-refractivity contribution in [2.24, 2.45) is 0 Å². The van der Waals surface area contributed by atoms with Crippen molar-refractivity contribution in [3.05, 3.63) is 0 Å². The first-order valence-electron chi connectivity index (χ1n) is 3.64. The number of hydrogen-bond donors (Lipinski definition) is 0. The molecule has 0 rings (SSSR count). The molecule has 55 valence electrons. The normalized spacial score (nSPS) is 14.3. The minimum atomic E-state index is 0.0601. The van der Waals surface area contributed by atoms with Crippen LogP contribution in [0.25, 0.3) is 0 Å². The van der Waals surface area contributed by atoms with E-state index in [1.54, 1.807) is 0 Å². The zero-order chi connectivity index (χ0) is 7.28. The largest absolute Gasteiger partial charge is 0.302 e. The summed E-state index contributed by atoms with van der Waals surface area (Å²) in [6.07, 6.45) is 0. The van der Waals surface area contributed by atoms with Gasteiger partial charge in [-0.1, -0.05) is 13.8 Å². The van der Waals surface area contributed by atoms with Crippen LogP contribution in [0.5, 0.6) is 0 Å². The maximum Gasteiger partial charge on any atom is 0.0312 e. The van der Waals surface area contributed by atoms with Gasteiger partial charge in [0.2, 0.25) is 0 Å². The minimum absolute atomic E-state index is 0.0601. The van der Waals surface area contributed by atoms with Gasteiger partial charge < -0.3 is 4.90 Å². The first kappa shape index (κ1) is 8.92. The minimum Gasteiger partial charge on any atom is -0.302 e. The van der Waals surface area contributed by atoms with Gasteiger partial charge in [-0.3, -0.25) is 5.73 Å². The molecule has 0 fully saturated rings. The van der Waals surface area contributed by atoms with Crippen molar-refractivity contribution in [3.8, 4) is 0 Å². The van der Waals surface area contributed by atoms with Crippen LogP contribution in [0.15, 0.2) is 0 Å². The Hall–Kier alpha value is -0.0800. The van der Waals surface area contributed by atoms with Crippen molar-refractivity contribution in [3.63, 3.8) is 0 Å². The van der Waals surface area contributed by atoms with Gasteiger partial charge in [-0.2, -0.15) is 0 Å². The van der Waals surface area contributed by atoms with E-state index in [1.807, 2.05) is 6.92 Å². The van der Waals surface area contributed by atoms with Gasteiger partial charge in [-0.25, -0.2) is 0 Å². The molecular weight excluding hydrogens is 112 g/mol. The summed E-state index contributed by atoms with van der Waals surface area (Å²) in [6, 6.07) is 0.0601. The molecule has 1 unspecified atom stereocenters. The molecule has 0 spiro atoms. The second-order valence-electron chi connectivity index (χ2n) is 2.39. The van der Waals surface area contributed by atoms with E-state index in [0.717, 1.165) is 19.6 Å². The number of hydrogen-bond acceptors (Lipinski definition) is 1. The Morgan fingerprint density at radius 2 is 1.78 bits per heavy atom. The Morgan fingerprint density at radius 1 is 1.33 bits per heavy atom. The van der Waals surface area contributed by atoms with Gasteiger partial charge in [0.25, 0.3) is 0 Å². The van der Waals surface area contributed by atoms with Crippen LogP contribution in [-0.4, -0.2) is 30.6 Å². The van der Waals surface area contributed by atoms with Crippen LogP contribution in [0.2, 0.25) is 0 Å². The molecule has 0 aromatic rings. The summed E-state index contributed by atoms with van der Waals surface area (Å²) in [6.45, 7) is 9.24. The smallest absolute Gasteiger partial charge is 0.0312 e. The number of rotatable bonds is 4. The molecule has 0 aromatic carbocycles. The second-order valence-corrected chi connectivity index (χ2v) is 2.39. The molecule has 2 nitrogen and oxygen atoms in total. The highest BCUT2D eigenvalue weighted by Gasteiger charge is 2.00. The van der Waals surface area contributed by atoms with E-state index in [2.05, 4.69) is 18.7 Å². The van der Waals surface area contributed by atoms with Gasteiger partial charge in [-0.15, -0.1) is 0 Å². The average molecular weight is 129 g/mol. The third-order valence-corrected chi connectivity index (χ3v) is 1.43. The van der Waals surface area contributed by atoms with Gasteiger partial charge in [0.15, 0.2) is 0 Å². The van der Waals surface area contributed by atoms with Gasteiger partial charge in [0, 0.05) is 12.6 Å². The van der Waals surface area contributed by atoms with Crippen LogP contribution in [0.4, 0.5) is 0 Å². The van der Waals surface area contributed by atoms with Crippen molar-refractivity contribution in [1.29, 1.82) is 0 Å². The lowest BCUT2D eigenvalue weighted by Crippen LogP contribution is -2.31. The monoisotopic (exact) mass is 129 g/mol. The average Bonchev–Trinajstić information content (AvgIpc) is 1.82. The predicted molar refractivity (Wildman–Crippen MR) is 40.3 cm³/mol. The Kier molecular flexibility index (Phi) is 4.72. The molecular formula is C7H17N2. The fraction of sp³-hybridized carbons (Fsp3) is 1.00. The maximum absolute atomic E-state index is 7.27. The standard InChI is InChI=1S/C7H17N2/c1-4-9(5-2)6-7(3)8/h7-8H,4-6H2,1-3H3. The molecule has 0 saturated heterocycles. The van der Waals surface area contributed by atoms with Crippen molar-refractivity contribution in [1.82, 2.24) is 10.6 Å². The topological polar surface area (TPSA) is 27.0 Å². The highest BCUT2D eigenvalue weighted by molar-refractivity contribution is 4.59. The third kappa shape index (κ3) is 4.43. The van der Waals surface area contributed by atoms with E-state index in [9.17, 15) is 0 Å². The molecule has 0 saturated carbocycles. The summed E-state index contributed by atoms with van der Waals surface area (Å²) >= 11 is 0. The summed E-state index contributed by atoms with van der Waals surface area (Å²) in [5, 5.41) is 0. The summed E-state index contributed by atoms with van der Waals surface area (Å²) in [5.74, 6) is 0. The van der Waals surface area contributed by atoms with Crippen molar-refractivity contribution < 1.29 is 0 Å². The Bertz CT molecular complexity index is 57.9. The first-order valence-corrected chi connectivity index (χ1v) is 3.64. The van der Waals surface area contributed by atoms with E-state index in [0.29, 0.717) is 0 Å². The van der Waals surface area contributed by atoms with Crippen LogP contribution in [0.3, 0.4) is 0 Å². The Morgan fingerprint density at radius 3 is 1.89 bits per heavy atom. The highest BCUT2D eigenvalue weighted by Crippen LogP contribution is 1.88. The SMILES string of the molecule is CCN(CC)CC(C)[NH]. The van der Waals surface area contributed by atoms with Crippen LogP contribution in [-0.2, 0) is 0 Å². The Labute approximate surface area is 58.0 Å². The lowest BCUT2D eigenvalue weighted by atomic mass is 10.3. The highest BCUT2D eigenvalue weighted by atomic mass is 15.1. The number of likely N-dealkylation sites (N-methyl/N-ethyl adjacent to an activating group) is 1. The van der Waals surface area contributed by atoms with E-state index in [4.69, 9.17) is 5.73 Å². The summed E-state index contributed by atoms with van der Waals surface area (Å²) in [5.41, 5.74) is 7.27. The molecule has 0 aliphatic carbocycles. The first-order chi connectivity index (χ1) is 4.20. The van der Waals surface area contributed by atoms with Gasteiger partial charge in [0.05, 0.1) is 0 Å². The molecule has 0 aliphatic rings. The number of nitrogens with zero attached hydrogens (tertiary/aromatic N) is 1. The molecule has 0 heterocycles. The second kappa shape index (κ2) is 4.77. The number of nitrogens with one attached hydrogen (secondary N) is 1. The van der Waals surface area contributed by atoms with Gasteiger partial charge in [-0.05, 0) is 20.0 Å². The quantitative estimate of drug-likeness (QED) is 0.556. The molecule has 1 radical (unpaired) electrons. The van der Waals surface area contributed by atoms with Crippen LogP contribution in [0, 0.1) is 0 Å². The summed E-state index contributed by atoms with van der Waals surface area (Å²) in [7, 11) is 0. The molecule has 2 heteroatoms. The fourth-order valence-electron chi connectivity index (χ4n) is 0.869. The van der Waals surface area contributed by atoms with Crippen LogP contribution >= 0.6 is 0 Å². The lowest BCUT2D eigenvalue weighted by Gasteiger charge is -2.19. The summed E-state index contributed by atoms with van der Waals surface area (Å²) in [4.78, 5) is 2.26. The fourth-order valence-corrected chi connectivity index (χ4v) is 0.869. The maximum atomic E-state index is 7.27. The lowest BCUT2D eigenvalue weighted by molar-refractivity contribution is 0.286. The molecule has 0 aliphatic heterocycles. The molecule has 1 N–H and O–H groups in total. The molecule has 1 atom stereocenters. The zero-order valence-corrected chi connectivity index (χ0v) is 6.65. The summed E-state index contributed by atoms with van der Waals surface area (Å²) < 4.78 is 0. The van der Waals surface area contributed by atoms with Crippen LogP contribution < -0.4 is 5.73 Å². The van der Waals surface area contributed by atoms with Gasteiger partial charge >= 0.3 is 0 Å².